The second kappa shape index (κ2) is 14.6. The van der Waals surface area contributed by atoms with E-state index >= 15 is 0 Å². The van der Waals surface area contributed by atoms with Crippen molar-refractivity contribution in [2.75, 3.05) is 13.2 Å². The summed E-state index contributed by atoms with van der Waals surface area (Å²) in [5.74, 6) is 0. The van der Waals surface area contributed by atoms with Gasteiger partial charge in [0.05, 0.1) is 26.4 Å². The van der Waals surface area contributed by atoms with Crippen LogP contribution in [0.4, 0.5) is 0 Å². The lowest BCUT2D eigenvalue weighted by molar-refractivity contribution is 0.123. The summed E-state index contributed by atoms with van der Waals surface area (Å²) in [6, 6.07) is 20.6. The van der Waals surface area contributed by atoms with Crippen LogP contribution in [0.2, 0.25) is 0 Å². The Bertz CT molecular complexity index is 745. The van der Waals surface area contributed by atoms with Crippen molar-refractivity contribution in [1.82, 2.24) is 0 Å². The average Bonchev–Trinajstić information content (AvgIpc) is 2.77. The summed E-state index contributed by atoms with van der Waals surface area (Å²) in [5, 5.41) is 0. The largest absolute Gasteiger partial charge is 0.376 e. The second-order valence-corrected chi connectivity index (χ2v) is 7.04. The summed E-state index contributed by atoms with van der Waals surface area (Å²) < 4.78 is 11.6. The Balaban J connectivity index is 1.75. The second-order valence-electron chi connectivity index (χ2n) is 7.04. The molecule has 0 aliphatic carbocycles. The molecule has 0 radical (unpaired) electrons. The molecule has 2 nitrogen and oxygen atoms in total. The van der Waals surface area contributed by atoms with Crippen molar-refractivity contribution in [3.05, 3.63) is 108 Å². The molecule has 2 aromatic carbocycles. The molecule has 0 aliphatic rings. The number of benzene rings is 2. The molecule has 0 heterocycles. The fourth-order valence-corrected chi connectivity index (χ4v) is 3.05. The van der Waals surface area contributed by atoms with Gasteiger partial charge >= 0.3 is 0 Å². The summed E-state index contributed by atoms with van der Waals surface area (Å²) in [5.41, 5.74) is 5.15. The minimum atomic E-state index is 0.664. The van der Waals surface area contributed by atoms with E-state index in [1.807, 2.05) is 42.5 Å². The van der Waals surface area contributed by atoms with E-state index in [9.17, 15) is 0 Å². The monoisotopic (exact) mass is 390 g/mol. The van der Waals surface area contributed by atoms with Crippen molar-refractivity contribution in [3.63, 3.8) is 0 Å². The van der Waals surface area contributed by atoms with Gasteiger partial charge in [-0.1, -0.05) is 97.0 Å². The quantitative estimate of drug-likeness (QED) is 0.196. The molecule has 0 spiro atoms. The van der Waals surface area contributed by atoms with Crippen molar-refractivity contribution in [2.45, 2.75) is 45.8 Å². The molecule has 2 rings (SSSR count). The minimum Gasteiger partial charge on any atom is -0.376 e. The molecule has 2 heteroatoms. The molecule has 0 fully saturated rings. The lowest BCUT2D eigenvalue weighted by Crippen LogP contribution is -1.98. The smallest absolute Gasteiger partial charge is 0.0717 e. The number of ether oxygens (including phenoxy) is 2. The van der Waals surface area contributed by atoms with Crippen molar-refractivity contribution < 1.29 is 9.47 Å². The van der Waals surface area contributed by atoms with E-state index < -0.39 is 0 Å². The highest BCUT2D eigenvalue weighted by Crippen LogP contribution is 2.15. The van der Waals surface area contributed by atoms with Gasteiger partial charge in [-0.3, -0.25) is 0 Å². The van der Waals surface area contributed by atoms with Crippen LogP contribution in [0.25, 0.3) is 0 Å². The van der Waals surface area contributed by atoms with Crippen LogP contribution in [-0.2, 0) is 22.7 Å². The zero-order valence-electron chi connectivity index (χ0n) is 17.7. The molecule has 0 N–H and O–H groups in total. The minimum absolute atomic E-state index is 0.664. The fourth-order valence-electron chi connectivity index (χ4n) is 3.05. The number of allylic oxidation sites excluding steroid dienone is 3. The maximum absolute atomic E-state index is 5.85. The molecule has 0 atom stereocenters. The third-order valence-electron chi connectivity index (χ3n) is 4.66. The maximum atomic E-state index is 5.85. The summed E-state index contributed by atoms with van der Waals surface area (Å²) >= 11 is 0. The molecule has 0 saturated heterocycles. The standard InChI is InChI=1S/C27H34O2/c1-3-12-25(18-20-29-23-27-15-9-6-10-16-27)21-24(4-2)17-11-19-28-22-26-13-7-5-8-14-26/h3,5-10,13-17,21H,1,4,11-12,18-20,22-23H2,2H3/b24-17+,25-21+. The highest BCUT2D eigenvalue weighted by molar-refractivity contribution is 5.25. The van der Waals surface area contributed by atoms with E-state index in [1.165, 1.54) is 22.3 Å². The Morgan fingerprint density at radius 2 is 1.45 bits per heavy atom. The first-order valence-electron chi connectivity index (χ1n) is 10.5. The van der Waals surface area contributed by atoms with Crippen LogP contribution < -0.4 is 0 Å². The SMILES string of the molecule is C=CC/C(=C\C(=C\CCOCc1ccccc1)CC)CCOCc1ccccc1. The summed E-state index contributed by atoms with van der Waals surface area (Å²) in [4.78, 5) is 0. The van der Waals surface area contributed by atoms with E-state index in [-0.39, 0.29) is 0 Å². The van der Waals surface area contributed by atoms with Gasteiger partial charge in [0, 0.05) is 0 Å². The molecule has 0 unspecified atom stereocenters. The predicted octanol–water partition coefficient (Wildman–Crippen LogP) is 7.04. The Morgan fingerprint density at radius 1 is 0.862 bits per heavy atom. The van der Waals surface area contributed by atoms with E-state index in [0.717, 1.165) is 38.9 Å². The highest BCUT2D eigenvalue weighted by Gasteiger charge is 2.00. The Morgan fingerprint density at radius 3 is 2.00 bits per heavy atom. The molecule has 0 bridgehead atoms. The first-order valence-corrected chi connectivity index (χ1v) is 10.5. The Kier molecular flexibility index (Phi) is 11.5. The summed E-state index contributed by atoms with van der Waals surface area (Å²) in [7, 11) is 0. The number of rotatable bonds is 14. The lowest BCUT2D eigenvalue weighted by Gasteiger charge is -2.09. The maximum Gasteiger partial charge on any atom is 0.0717 e. The van der Waals surface area contributed by atoms with Gasteiger partial charge < -0.3 is 9.47 Å². The summed E-state index contributed by atoms with van der Waals surface area (Å²) in [6.45, 7) is 8.91. The third kappa shape index (κ3) is 10.1. The van der Waals surface area contributed by atoms with Gasteiger partial charge in [-0.25, -0.2) is 0 Å². The van der Waals surface area contributed by atoms with Gasteiger partial charge in [-0.15, -0.1) is 6.58 Å². The van der Waals surface area contributed by atoms with Crippen molar-refractivity contribution in [1.29, 1.82) is 0 Å². The number of hydrogen-bond acceptors (Lipinski definition) is 2. The molecule has 0 saturated carbocycles. The van der Waals surface area contributed by atoms with Crippen LogP contribution in [0.1, 0.15) is 43.7 Å². The molecule has 154 valence electrons. The fraction of sp³-hybridized carbons (Fsp3) is 0.333. The van der Waals surface area contributed by atoms with Crippen molar-refractivity contribution in [2.24, 2.45) is 0 Å². The molecule has 2 aromatic rings. The van der Waals surface area contributed by atoms with E-state index in [4.69, 9.17) is 9.47 Å². The average molecular weight is 391 g/mol. The molecule has 0 aliphatic heterocycles. The summed E-state index contributed by atoms with van der Waals surface area (Å²) in [6.07, 6.45) is 10.3. The van der Waals surface area contributed by atoms with Gasteiger partial charge in [-0.2, -0.15) is 0 Å². The lowest BCUT2D eigenvalue weighted by atomic mass is 10.0. The van der Waals surface area contributed by atoms with Gasteiger partial charge in [0.15, 0.2) is 0 Å². The highest BCUT2D eigenvalue weighted by atomic mass is 16.5. The van der Waals surface area contributed by atoms with Crippen LogP contribution in [0.5, 0.6) is 0 Å². The van der Waals surface area contributed by atoms with Crippen molar-refractivity contribution in [3.8, 4) is 0 Å². The Labute approximate surface area is 176 Å². The van der Waals surface area contributed by atoms with Gasteiger partial charge in [0.2, 0.25) is 0 Å². The van der Waals surface area contributed by atoms with Crippen LogP contribution in [0.3, 0.4) is 0 Å². The van der Waals surface area contributed by atoms with Crippen LogP contribution in [-0.4, -0.2) is 13.2 Å². The zero-order valence-corrected chi connectivity index (χ0v) is 17.7. The predicted molar refractivity (Wildman–Crippen MR) is 123 cm³/mol. The van der Waals surface area contributed by atoms with Gasteiger partial charge in [0.1, 0.15) is 0 Å². The first kappa shape index (κ1) is 22.9. The molecule has 0 aromatic heterocycles. The van der Waals surface area contributed by atoms with Crippen LogP contribution in [0.15, 0.2) is 96.6 Å². The zero-order chi connectivity index (χ0) is 20.6. The number of hydrogen-bond donors (Lipinski definition) is 0. The topological polar surface area (TPSA) is 18.5 Å². The van der Waals surface area contributed by atoms with E-state index in [0.29, 0.717) is 13.2 Å². The van der Waals surface area contributed by atoms with E-state index in [1.54, 1.807) is 0 Å². The van der Waals surface area contributed by atoms with Gasteiger partial charge in [-0.05, 0) is 36.8 Å². The third-order valence-corrected chi connectivity index (χ3v) is 4.66. The van der Waals surface area contributed by atoms with Crippen molar-refractivity contribution >= 4 is 0 Å². The van der Waals surface area contributed by atoms with Crippen LogP contribution >= 0.6 is 0 Å². The molecule has 29 heavy (non-hydrogen) atoms. The van der Waals surface area contributed by atoms with E-state index in [2.05, 4.69) is 49.9 Å². The molecule has 0 amide bonds. The Hall–Kier alpha value is -2.42. The first-order chi connectivity index (χ1) is 14.3. The van der Waals surface area contributed by atoms with Crippen LogP contribution in [0, 0.1) is 0 Å². The molecular formula is C27H34O2. The normalized spacial score (nSPS) is 12.2. The molecular weight excluding hydrogens is 356 g/mol. The van der Waals surface area contributed by atoms with Gasteiger partial charge in [0.25, 0.3) is 0 Å².